The van der Waals surface area contributed by atoms with Gasteiger partial charge in [-0.15, -0.1) is 0 Å². The van der Waals surface area contributed by atoms with Gasteiger partial charge in [-0.3, -0.25) is 4.99 Å². The molecule has 0 amide bonds. The van der Waals surface area contributed by atoms with Crippen molar-refractivity contribution < 1.29 is 9.47 Å². The third kappa shape index (κ3) is 4.34. The van der Waals surface area contributed by atoms with Crippen LogP contribution in [-0.2, 0) is 0 Å². The Bertz CT molecular complexity index is 568. The van der Waals surface area contributed by atoms with E-state index in [2.05, 4.69) is 15.6 Å². The minimum absolute atomic E-state index is 0.621. The third-order valence-electron chi connectivity index (χ3n) is 4.91. The van der Waals surface area contributed by atoms with Crippen molar-refractivity contribution in [2.45, 2.75) is 32.6 Å². The number of nitrogens with one attached hydrogen (secondary N) is 2. The highest BCUT2D eigenvalue weighted by molar-refractivity contribution is 5.93. The summed E-state index contributed by atoms with van der Waals surface area (Å²) in [7, 11) is 3.47. The number of methoxy groups -OCH3 is 1. The van der Waals surface area contributed by atoms with Gasteiger partial charge in [-0.05, 0) is 62.5 Å². The molecule has 0 aromatic heterocycles. The van der Waals surface area contributed by atoms with Gasteiger partial charge in [-0.25, -0.2) is 0 Å². The Labute approximate surface area is 144 Å². The molecule has 2 fully saturated rings. The Morgan fingerprint density at radius 2 is 1.92 bits per heavy atom. The fourth-order valence-electron chi connectivity index (χ4n) is 3.32. The first-order valence-corrected chi connectivity index (χ1v) is 9.03. The van der Waals surface area contributed by atoms with Crippen molar-refractivity contribution in [1.82, 2.24) is 5.32 Å². The van der Waals surface area contributed by atoms with E-state index in [9.17, 15) is 0 Å². The molecule has 0 spiro atoms. The Balaban J connectivity index is 1.58. The fourth-order valence-corrected chi connectivity index (χ4v) is 3.32. The number of benzene rings is 1. The summed E-state index contributed by atoms with van der Waals surface area (Å²) < 4.78 is 11.0. The molecule has 0 radical (unpaired) electrons. The average molecular weight is 331 g/mol. The molecule has 0 aliphatic heterocycles. The van der Waals surface area contributed by atoms with Crippen LogP contribution < -0.4 is 20.1 Å². The number of ether oxygens (including phenoxy) is 2. The predicted octanol–water partition coefficient (Wildman–Crippen LogP) is 3.52. The first-order valence-electron chi connectivity index (χ1n) is 9.03. The Morgan fingerprint density at radius 3 is 2.46 bits per heavy atom. The molecule has 3 rings (SSSR count). The lowest BCUT2D eigenvalue weighted by Gasteiger charge is -2.19. The lowest BCUT2D eigenvalue weighted by Crippen LogP contribution is -2.35. The molecule has 5 heteroatoms. The van der Waals surface area contributed by atoms with E-state index in [-0.39, 0.29) is 0 Å². The summed E-state index contributed by atoms with van der Waals surface area (Å²) in [4.78, 5) is 4.35. The molecular formula is C19H29N3O2. The standard InChI is InChI=1S/C19H29N3O2/c1-4-24-17-10-9-15(11-18(17)23-3)22-19(20-2)21-12-16(13-5-6-13)14-7-8-14/h9-11,13-14,16H,4-8,12H2,1-3H3,(H2,20,21,22). The van der Waals surface area contributed by atoms with E-state index in [1.54, 1.807) is 7.11 Å². The van der Waals surface area contributed by atoms with Crippen molar-refractivity contribution in [2.75, 3.05) is 32.6 Å². The van der Waals surface area contributed by atoms with Crippen LogP contribution in [0.15, 0.2) is 23.2 Å². The molecule has 0 bridgehead atoms. The number of hydrogen-bond donors (Lipinski definition) is 2. The average Bonchev–Trinajstić information content (AvgIpc) is 3.48. The zero-order valence-corrected chi connectivity index (χ0v) is 15.0. The molecular weight excluding hydrogens is 302 g/mol. The summed E-state index contributed by atoms with van der Waals surface area (Å²) >= 11 is 0. The SMILES string of the molecule is CCOc1ccc(NC(=NC)NCC(C2CC2)C2CC2)cc1OC. The largest absolute Gasteiger partial charge is 0.493 e. The molecule has 2 saturated carbocycles. The molecule has 0 heterocycles. The Morgan fingerprint density at radius 1 is 1.21 bits per heavy atom. The van der Waals surface area contributed by atoms with E-state index < -0.39 is 0 Å². The third-order valence-corrected chi connectivity index (χ3v) is 4.91. The van der Waals surface area contributed by atoms with Gasteiger partial charge in [0.15, 0.2) is 17.5 Å². The van der Waals surface area contributed by atoms with Crippen molar-refractivity contribution in [1.29, 1.82) is 0 Å². The number of rotatable bonds is 8. The number of anilines is 1. The maximum absolute atomic E-state index is 5.56. The minimum Gasteiger partial charge on any atom is -0.493 e. The molecule has 1 aromatic rings. The molecule has 2 N–H and O–H groups in total. The van der Waals surface area contributed by atoms with Crippen LogP contribution >= 0.6 is 0 Å². The smallest absolute Gasteiger partial charge is 0.195 e. The number of aliphatic imine (C=N–C) groups is 1. The molecule has 24 heavy (non-hydrogen) atoms. The normalized spacial score (nSPS) is 17.8. The van der Waals surface area contributed by atoms with Gasteiger partial charge in [-0.1, -0.05) is 0 Å². The number of nitrogens with zero attached hydrogens (tertiary/aromatic N) is 1. The van der Waals surface area contributed by atoms with Crippen LogP contribution in [0, 0.1) is 17.8 Å². The second-order valence-corrected chi connectivity index (χ2v) is 6.72. The van der Waals surface area contributed by atoms with E-state index >= 15 is 0 Å². The maximum Gasteiger partial charge on any atom is 0.195 e. The van der Waals surface area contributed by atoms with Crippen LogP contribution in [0.4, 0.5) is 5.69 Å². The van der Waals surface area contributed by atoms with Crippen molar-refractivity contribution in [3.8, 4) is 11.5 Å². The first kappa shape index (κ1) is 16.9. The second-order valence-electron chi connectivity index (χ2n) is 6.72. The highest BCUT2D eigenvalue weighted by Gasteiger charge is 2.41. The van der Waals surface area contributed by atoms with Gasteiger partial charge in [0.2, 0.25) is 0 Å². The number of guanidine groups is 1. The summed E-state index contributed by atoms with van der Waals surface area (Å²) in [5.74, 6) is 5.00. The van der Waals surface area contributed by atoms with Gasteiger partial charge in [-0.2, -0.15) is 0 Å². The molecule has 2 aliphatic carbocycles. The van der Waals surface area contributed by atoms with Crippen LogP contribution in [0.25, 0.3) is 0 Å². The van der Waals surface area contributed by atoms with E-state index in [0.29, 0.717) is 6.61 Å². The fraction of sp³-hybridized carbons (Fsp3) is 0.632. The zero-order valence-electron chi connectivity index (χ0n) is 15.0. The van der Waals surface area contributed by atoms with Gasteiger partial charge < -0.3 is 20.1 Å². The van der Waals surface area contributed by atoms with Crippen molar-refractivity contribution in [3.05, 3.63) is 18.2 Å². The minimum atomic E-state index is 0.621. The van der Waals surface area contributed by atoms with Crippen molar-refractivity contribution in [2.24, 2.45) is 22.7 Å². The summed E-state index contributed by atoms with van der Waals surface area (Å²) in [5.41, 5.74) is 0.942. The first-order chi connectivity index (χ1) is 11.7. The maximum atomic E-state index is 5.56. The van der Waals surface area contributed by atoms with Crippen LogP contribution in [0.1, 0.15) is 32.6 Å². The van der Waals surface area contributed by atoms with Gasteiger partial charge in [0.1, 0.15) is 0 Å². The van der Waals surface area contributed by atoms with Crippen molar-refractivity contribution in [3.63, 3.8) is 0 Å². The summed E-state index contributed by atoms with van der Waals surface area (Å²) in [6.45, 7) is 3.60. The van der Waals surface area contributed by atoms with Gasteiger partial charge >= 0.3 is 0 Å². The van der Waals surface area contributed by atoms with E-state index in [4.69, 9.17) is 9.47 Å². The lowest BCUT2D eigenvalue weighted by atomic mass is 9.98. The summed E-state index contributed by atoms with van der Waals surface area (Å²) in [5, 5.41) is 6.85. The molecule has 132 valence electrons. The van der Waals surface area contributed by atoms with Crippen LogP contribution in [-0.4, -0.2) is 33.3 Å². The number of hydrogen-bond acceptors (Lipinski definition) is 3. The second kappa shape index (κ2) is 7.77. The lowest BCUT2D eigenvalue weighted by molar-refractivity contribution is 0.311. The van der Waals surface area contributed by atoms with E-state index in [1.165, 1.54) is 25.7 Å². The van der Waals surface area contributed by atoms with E-state index in [1.807, 2.05) is 32.2 Å². The highest BCUT2D eigenvalue weighted by atomic mass is 16.5. The Kier molecular flexibility index (Phi) is 5.48. The van der Waals surface area contributed by atoms with Gasteiger partial charge in [0.25, 0.3) is 0 Å². The van der Waals surface area contributed by atoms with Crippen LogP contribution in [0.5, 0.6) is 11.5 Å². The highest BCUT2D eigenvalue weighted by Crippen LogP contribution is 2.48. The van der Waals surface area contributed by atoms with Crippen LogP contribution in [0.3, 0.4) is 0 Å². The Hall–Kier alpha value is -1.91. The topological polar surface area (TPSA) is 54.9 Å². The predicted molar refractivity (Wildman–Crippen MR) is 98.1 cm³/mol. The van der Waals surface area contributed by atoms with Gasteiger partial charge in [0.05, 0.1) is 13.7 Å². The molecule has 0 atom stereocenters. The quantitative estimate of drug-likeness (QED) is 0.565. The molecule has 2 aliphatic rings. The van der Waals surface area contributed by atoms with Gasteiger partial charge in [0, 0.05) is 25.3 Å². The molecule has 1 aromatic carbocycles. The molecule has 5 nitrogen and oxygen atoms in total. The van der Waals surface area contributed by atoms with Crippen molar-refractivity contribution >= 4 is 11.6 Å². The zero-order chi connectivity index (χ0) is 16.9. The monoisotopic (exact) mass is 331 g/mol. The summed E-state index contributed by atoms with van der Waals surface area (Å²) in [6.07, 6.45) is 5.63. The van der Waals surface area contributed by atoms with Crippen LogP contribution in [0.2, 0.25) is 0 Å². The van der Waals surface area contributed by atoms with E-state index in [0.717, 1.165) is 47.4 Å². The molecule has 0 unspecified atom stereocenters. The summed E-state index contributed by atoms with van der Waals surface area (Å²) in [6, 6.07) is 5.85. The molecule has 0 saturated heterocycles.